The molecule has 0 radical (unpaired) electrons. The summed E-state index contributed by atoms with van der Waals surface area (Å²) in [7, 11) is 1.85. The molecule has 1 aliphatic rings. The average Bonchev–Trinajstić information content (AvgIpc) is 3.65. The molecule has 0 spiro atoms. The number of ketones is 1. The van der Waals surface area contributed by atoms with Crippen LogP contribution in [0.3, 0.4) is 0 Å². The first-order chi connectivity index (χ1) is 18.8. The van der Waals surface area contributed by atoms with Gasteiger partial charge in [0.2, 0.25) is 5.78 Å². The first-order valence-corrected chi connectivity index (χ1v) is 12.3. The number of H-pyrrole nitrogens is 1. The molecule has 3 N–H and O–H groups in total. The Labute approximate surface area is 222 Å². The molecule has 0 unspecified atom stereocenters. The standard InChI is InChI=1S/C29H24F2N6O2/c1-16-13-17(39-26-8-4-6-21(30)27(26)31)9-10-25(16)37-29(32)20(15-33-37)28(38)24-14-19-18(5-3-7-22(19)34-24)23-11-12-36(2)35-23/h3,5,7-15,34H,4,6,32H2,1-2H3. The third-order valence-corrected chi connectivity index (χ3v) is 6.72. The van der Waals surface area contributed by atoms with Crippen LogP contribution in [0.1, 0.15) is 34.5 Å². The second-order valence-electron chi connectivity index (χ2n) is 9.39. The molecule has 3 aromatic heterocycles. The van der Waals surface area contributed by atoms with Gasteiger partial charge in [-0.05, 0) is 61.4 Å². The van der Waals surface area contributed by atoms with Crippen LogP contribution in [0.15, 0.2) is 84.4 Å². The van der Waals surface area contributed by atoms with Gasteiger partial charge in [-0.1, -0.05) is 12.1 Å². The number of nitrogen functional groups attached to an aromatic ring is 1. The zero-order valence-corrected chi connectivity index (χ0v) is 21.2. The lowest BCUT2D eigenvalue weighted by molar-refractivity contribution is 0.103. The van der Waals surface area contributed by atoms with E-state index in [0.717, 1.165) is 22.2 Å². The molecule has 10 heteroatoms. The van der Waals surface area contributed by atoms with E-state index in [1.54, 1.807) is 28.9 Å². The van der Waals surface area contributed by atoms with E-state index in [4.69, 9.17) is 10.5 Å². The molecule has 2 aromatic carbocycles. The second kappa shape index (κ2) is 9.39. The van der Waals surface area contributed by atoms with Gasteiger partial charge in [-0.3, -0.25) is 9.48 Å². The lowest BCUT2D eigenvalue weighted by Crippen LogP contribution is -2.08. The number of aromatic amines is 1. The molecular formula is C29H24F2N6O2. The number of allylic oxidation sites excluding steroid dienone is 3. The van der Waals surface area contributed by atoms with Crippen molar-refractivity contribution in [2.75, 3.05) is 5.73 Å². The van der Waals surface area contributed by atoms with Crippen molar-refractivity contribution in [1.82, 2.24) is 24.5 Å². The highest BCUT2D eigenvalue weighted by Gasteiger charge is 2.22. The van der Waals surface area contributed by atoms with Gasteiger partial charge in [0.1, 0.15) is 17.4 Å². The van der Waals surface area contributed by atoms with Crippen LogP contribution in [0.4, 0.5) is 14.6 Å². The predicted molar refractivity (Wildman–Crippen MR) is 144 cm³/mol. The maximum absolute atomic E-state index is 14.1. The summed E-state index contributed by atoms with van der Waals surface area (Å²) in [6.07, 6.45) is 5.22. The third kappa shape index (κ3) is 4.29. The van der Waals surface area contributed by atoms with Crippen LogP contribution in [0, 0.1) is 6.92 Å². The Morgan fingerprint density at radius 3 is 2.77 bits per heavy atom. The molecule has 3 heterocycles. The quantitative estimate of drug-likeness (QED) is 0.261. The summed E-state index contributed by atoms with van der Waals surface area (Å²) < 4.78 is 36.4. The van der Waals surface area contributed by atoms with Crippen molar-refractivity contribution in [3.05, 3.63) is 101 Å². The van der Waals surface area contributed by atoms with E-state index < -0.39 is 11.7 Å². The fourth-order valence-electron chi connectivity index (χ4n) is 4.74. The Bertz CT molecular complexity index is 1820. The summed E-state index contributed by atoms with van der Waals surface area (Å²) in [6.45, 7) is 1.81. The van der Waals surface area contributed by atoms with Crippen LogP contribution in [0.25, 0.3) is 27.8 Å². The van der Waals surface area contributed by atoms with E-state index in [2.05, 4.69) is 15.2 Å². The van der Waals surface area contributed by atoms with Crippen molar-refractivity contribution in [2.24, 2.45) is 7.05 Å². The van der Waals surface area contributed by atoms with Gasteiger partial charge < -0.3 is 15.5 Å². The minimum absolute atomic E-state index is 0.0280. The van der Waals surface area contributed by atoms with Gasteiger partial charge in [-0.15, -0.1) is 0 Å². The molecule has 0 fully saturated rings. The highest BCUT2D eigenvalue weighted by Crippen LogP contribution is 2.32. The van der Waals surface area contributed by atoms with Gasteiger partial charge in [0.05, 0.1) is 28.8 Å². The zero-order valence-electron chi connectivity index (χ0n) is 21.2. The first kappa shape index (κ1) is 24.4. The van der Waals surface area contributed by atoms with E-state index in [1.165, 1.54) is 17.0 Å². The number of ether oxygens (including phenoxy) is 1. The summed E-state index contributed by atoms with van der Waals surface area (Å²) >= 11 is 0. The lowest BCUT2D eigenvalue weighted by Gasteiger charge is -2.15. The Kier molecular flexibility index (Phi) is 5.86. The molecule has 8 nitrogen and oxygen atoms in total. The number of benzene rings is 2. The normalized spacial score (nSPS) is 13.7. The van der Waals surface area contributed by atoms with Crippen LogP contribution in [-0.2, 0) is 7.05 Å². The third-order valence-electron chi connectivity index (χ3n) is 6.72. The predicted octanol–water partition coefficient (Wildman–Crippen LogP) is 6.08. The minimum atomic E-state index is -0.980. The molecule has 0 aliphatic heterocycles. The second-order valence-corrected chi connectivity index (χ2v) is 9.39. The van der Waals surface area contributed by atoms with E-state index >= 15 is 0 Å². The largest absolute Gasteiger partial charge is 0.455 e. The average molecular weight is 527 g/mol. The number of aromatic nitrogens is 5. The molecule has 5 aromatic rings. The number of carbonyl (C=O) groups excluding carboxylic acids is 1. The number of nitrogens with two attached hydrogens (primary N) is 1. The SMILES string of the molecule is Cc1cc(OC2=CCCC(F)=C2F)ccc1-n1ncc(C(=O)c2cc3c(-c4ccn(C)n4)cccc3[nH]2)c1N. The molecule has 39 heavy (non-hydrogen) atoms. The number of rotatable bonds is 6. The molecular weight excluding hydrogens is 502 g/mol. The van der Waals surface area contributed by atoms with Crippen LogP contribution >= 0.6 is 0 Å². The molecule has 1 aliphatic carbocycles. The van der Waals surface area contributed by atoms with E-state index in [-0.39, 0.29) is 29.3 Å². The van der Waals surface area contributed by atoms with Crippen molar-refractivity contribution in [2.45, 2.75) is 19.8 Å². The Hall–Kier alpha value is -4.99. The molecule has 0 atom stereocenters. The minimum Gasteiger partial charge on any atom is -0.455 e. The molecule has 196 valence electrons. The summed E-state index contributed by atoms with van der Waals surface area (Å²) in [5.74, 6) is -1.71. The number of nitrogens with zero attached hydrogens (tertiary/aromatic N) is 4. The fraction of sp³-hybridized carbons (Fsp3) is 0.138. The number of halogens is 2. The van der Waals surface area contributed by atoms with Gasteiger partial charge in [-0.2, -0.15) is 14.6 Å². The number of anilines is 1. The summed E-state index contributed by atoms with van der Waals surface area (Å²) in [5.41, 5.74) is 10.9. The Morgan fingerprint density at radius 1 is 1.15 bits per heavy atom. The van der Waals surface area contributed by atoms with E-state index in [1.807, 2.05) is 44.4 Å². The zero-order chi connectivity index (χ0) is 27.3. The van der Waals surface area contributed by atoms with E-state index in [0.29, 0.717) is 29.1 Å². The lowest BCUT2D eigenvalue weighted by atomic mass is 10.1. The van der Waals surface area contributed by atoms with Gasteiger partial charge in [0.25, 0.3) is 0 Å². The first-order valence-electron chi connectivity index (χ1n) is 12.3. The number of hydrogen-bond acceptors (Lipinski definition) is 5. The van der Waals surface area contributed by atoms with Gasteiger partial charge in [0, 0.05) is 36.1 Å². The summed E-state index contributed by atoms with van der Waals surface area (Å²) in [5, 5.41) is 9.71. The Balaban J connectivity index is 1.29. The van der Waals surface area contributed by atoms with Gasteiger partial charge in [0.15, 0.2) is 11.6 Å². The monoisotopic (exact) mass is 526 g/mol. The number of nitrogens with one attached hydrogen (secondary N) is 1. The number of aryl methyl sites for hydroxylation is 2. The molecule has 6 rings (SSSR count). The van der Waals surface area contributed by atoms with Crippen molar-refractivity contribution >= 4 is 22.5 Å². The van der Waals surface area contributed by atoms with Crippen LogP contribution in [0.2, 0.25) is 0 Å². The smallest absolute Gasteiger partial charge is 0.214 e. The van der Waals surface area contributed by atoms with Crippen molar-refractivity contribution in [3.63, 3.8) is 0 Å². The number of fused-ring (bicyclic) bond motifs is 1. The highest BCUT2D eigenvalue weighted by atomic mass is 19.2. The van der Waals surface area contributed by atoms with Crippen molar-refractivity contribution in [3.8, 4) is 22.7 Å². The fourth-order valence-corrected chi connectivity index (χ4v) is 4.74. The van der Waals surface area contributed by atoms with Gasteiger partial charge in [-0.25, -0.2) is 9.07 Å². The highest BCUT2D eigenvalue weighted by molar-refractivity contribution is 6.13. The molecule has 0 amide bonds. The van der Waals surface area contributed by atoms with Crippen molar-refractivity contribution in [1.29, 1.82) is 0 Å². The molecule has 0 saturated carbocycles. The topological polar surface area (TPSA) is 104 Å². The Morgan fingerprint density at radius 2 is 2.00 bits per heavy atom. The van der Waals surface area contributed by atoms with E-state index in [9.17, 15) is 13.6 Å². The van der Waals surface area contributed by atoms with Crippen LogP contribution in [-0.4, -0.2) is 30.3 Å². The summed E-state index contributed by atoms with van der Waals surface area (Å²) in [4.78, 5) is 16.7. The molecule has 0 saturated heterocycles. The van der Waals surface area contributed by atoms with Gasteiger partial charge >= 0.3 is 0 Å². The maximum Gasteiger partial charge on any atom is 0.214 e. The summed E-state index contributed by atoms with van der Waals surface area (Å²) in [6, 6.07) is 14.5. The number of hydrogen-bond donors (Lipinski definition) is 2. The molecule has 0 bridgehead atoms. The maximum atomic E-state index is 14.1. The number of carbonyl (C=O) groups is 1. The van der Waals surface area contributed by atoms with Crippen LogP contribution < -0.4 is 10.5 Å². The van der Waals surface area contributed by atoms with Crippen LogP contribution in [0.5, 0.6) is 5.75 Å². The van der Waals surface area contributed by atoms with Crippen molar-refractivity contribution < 1.29 is 18.3 Å².